The molecule has 0 saturated heterocycles. The number of hydrogen-bond donors (Lipinski definition) is 3. The molecular formula is C17H23F3N4O3. The molecule has 2 aliphatic rings. The second-order valence-electron chi connectivity index (χ2n) is 7.33. The van der Waals surface area contributed by atoms with Gasteiger partial charge >= 0.3 is 12.2 Å². The number of ether oxygens (including phenoxy) is 1. The number of aliphatic hydroxyl groups excluding tert-OH is 1. The molecule has 7 nitrogen and oxygen atoms in total. The van der Waals surface area contributed by atoms with Gasteiger partial charge in [-0.3, -0.25) is 0 Å². The maximum Gasteiger partial charge on any atom is 0.422 e. The molecule has 1 aromatic heterocycles. The third kappa shape index (κ3) is 5.21. The number of amides is 2. The molecule has 0 aliphatic heterocycles. The van der Waals surface area contributed by atoms with Crippen molar-refractivity contribution in [1.29, 1.82) is 0 Å². The Morgan fingerprint density at radius 3 is 2.70 bits per heavy atom. The maximum atomic E-state index is 12.3. The van der Waals surface area contributed by atoms with Crippen LogP contribution in [0.2, 0.25) is 0 Å². The number of aromatic nitrogens is 2. The molecule has 1 aromatic rings. The van der Waals surface area contributed by atoms with Crippen LogP contribution in [0.3, 0.4) is 0 Å². The fourth-order valence-electron chi connectivity index (χ4n) is 3.76. The van der Waals surface area contributed by atoms with Crippen LogP contribution in [0.5, 0.6) is 5.88 Å². The van der Waals surface area contributed by atoms with Crippen LogP contribution in [0.25, 0.3) is 0 Å². The zero-order valence-corrected chi connectivity index (χ0v) is 14.8. The predicted molar refractivity (Wildman–Crippen MR) is 89.0 cm³/mol. The van der Waals surface area contributed by atoms with Gasteiger partial charge in [0.1, 0.15) is 6.33 Å². The average molecular weight is 388 g/mol. The first-order valence-electron chi connectivity index (χ1n) is 8.98. The number of aliphatic hydroxyl groups is 1. The van der Waals surface area contributed by atoms with Crippen molar-refractivity contribution < 1.29 is 27.8 Å². The molecule has 0 bridgehead atoms. The Kier molecular flexibility index (Phi) is 5.73. The summed E-state index contributed by atoms with van der Waals surface area (Å²) in [6.45, 7) is -1.69. The first kappa shape index (κ1) is 19.7. The quantitative estimate of drug-likeness (QED) is 0.667. The van der Waals surface area contributed by atoms with Gasteiger partial charge in [-0.25, -0.2) is 14.8 Å². The van der Waals surface area contributed by atoms with Crippen LogP contribution < -0.4 is 15.4 Å². The molecule has 2 fully saturated rings. The number of nitrogens with one attached hydrogen (secondary N) is 2. The zero-order chi connectivity index (χ0) is 19.5. The Morgan fingerprint density at radius 2 is 2.11 bits per heavy atom. The molecule has 2 saturated carbocycles. The van der Waals surface area contributed by atoms with Crippen molar-refractivity contribution >= 4 is 6.03 Å². The van der Waals surface area contributed by atoms with E-state index in [1.54, 1.807) is 0 Å². The number of hydrogen-bond acceptors (Lipinski definition) is 5. The normalized spacial score (nSPS) is 19.7. The summed E-state index contributed by atoms with van der Waals surface area (Å²) in [4.78, 5) is 19.9. The van der Waals surface area contributed by atoms with Gasteiger partial charge in [-0.05, 0) is 37.5 Å². The molecule has 27 heavy (non-hydrogen) atoms. The lowest BCUT2D eigenvalue weighted by atomic mass is 9.54. The van der Waals surface area contributed by atoms with Crippen LogP contribution in [0, 0.1) is 5.41 Å². The minimum atomic E-state index is -4.48. The van der Waals surface area contributed by atoms with Crippen LogP contribution in [-0.2, 0) is 0 Å². The smallest absolute Gasteiger partial charge is 0.422 e. The lowest BCUT2D eigenvalue weighted by Crippen LogP contribution is -2.55. The van der Waals surface area contributed by atoms with Gasteiger partial charge in [0.05, 0.1) is 11.7 Å². The largest absolute Gasteiger partial charge is 0.468 e. The summed E-state index contributed by atoms with van der Waals surface area (Å²) in [7, 11) is 0. The first-order valence-corrected chi connectivity index (χ1v) is 8.98. The van der Waals surface area contributed by atoms with Crippen molar-refractivity contribution in [2.24, 2.45) is 5.41 Å². The number of nitrogens with zero attached hydrogens (tertiary/aromatic N) is 2. The molecule has 0 radical (unpaired) electrons. The fraction of sp³-hybridized carbons (Fsp3) is 0.706. The summed E-state index contributed by atoms with van der Waals surface area (Å²) < 4.78 is 41.4. The van der Waals surface area contributed by atoms with E-state index in [2.05, 4.69) is 25.3 Å². The highest BCUT2D eigenvalue weighted by molar-refractivity contribution is 5.74. The highest BCUT2D eigenvalue weighted by Crippen LogP contribution is 2.55. The summed E-state index contributed by atoms with van der Waals surface area (Å²) in [5.41, 5.74) is 0.704. The Labute approximate surface area is 154 Å². The van der Waals surface area contributed by atoms with Gasteiger partial charge in [-0.2, -0.15) is 13.2 Å². The molecule has 2 aliphatic carbocycles. The topological polar surface area (TPSA) is 96.4 Å². The van der Waals surface area contributed by atoms with Crippen LogP contribution in [-0.4, -0.2) is 46.5 Å². The van der Waals surface area contributed by atoms with Gasteiger partial charge < -0.3 is 20.5 Å². The monoisotopic (exact) mass is 388 g/mol. The van der Waals surface area contributed by atoms with Gasteiger partial charge in [0.25, 0.3) is 0 Å². The van der Waals surface area contributed by atoms with Crippen molar-refractivity contribution in [1.82, 2.24) is 20.6 Å². The van der Waals surface area contributed by atoms with Crippen molar-refractivity contribution in [2.45, 2.75) is 56.8 Å². The molecule has 3 N–H and O–H groups in total. The maximum absolute atomic E-state index is 12.3. The fourth-order valence-corrected chi connectivity index (χ4v) is 3.76. The van der Waals surface area contributed by atoms with Gasteiger partial charge in [0.2, 0.25) is 5.88 Å². The second kappa shape index (κ2) is 7.87. The molecular weight excluding hydrogens is 365 g/mol. The lowest BCUT2D eigenvalue weighted by molar-refractivity contribution is -0.154. The number of rotatable bonds is 7. The molecule has 150 valence electrons. The summed E-state index contributed by atoms with van der Waals surface area (Å²) in [6.07, 6.45) is 2.42. The standard InChI is InChI=1S/C17H23F3N4O3/c18-17(19,20)9-27-14-6-13(21-10-22-14)12(2-5-25)24-15(26)23-11-7-16(8-11)3-1-4-16/h6,10-12,25H,1-5,7-9H2,(H2,23,24,26). The van der Waals surface area contributed by atoms with Gasteiger partial charge in [0, 0.05) is 18.7 Å². The Morgan fingerprint density at radius 1 is 1.37 bits per heavy atom. The van der Waals surface area contributed by atoms with E-state index in [0.717, 1.165) is 19.2 Å². The van der Waals surface area contributed by atoms with Crippen LogP contribution in [0.15, 0.2) is 12.4 Å². The highest BCUT2D eigenvalue weighted by Gasteiger charge is 2.48. The highest BCUT2D eigenvalue weighted by atomic mass is 19.4. The third-order valence-electron chi connectivity index (χ3n) is 5.24. The number of halogens is 3. The van der Waals surface area contributed by atoms with Crippen LogP contribution >= 0.6 is 0 Å². The van der Waals surface area contributed by atoms with E-state index in [-0.39, 0.29) is 36.7 Å². The first-order chi connectivity index (χ1) is 12.8. The predicted octanol–water partition coefficient (Wildman–Crippen LogP) is 2.47. The second-order valence-corrected chi connectivity index (χ2v) is 7.33. The molecule has 2 amide bonds. The van der Waals surface area contributed by atoms with Crippen molar-refractivity contribution in [2.75, 3.05) is 13.2 Å². The molecule has 0 aromatic carbocycles. The van der Waals surface area contributed by atoms with Crippen LogP contribution in [0.4, 0.5) is 18.0 Å². The van der Waals surface area contributed by atoms with Crippen molar-refractivity contribution in [3.05, 3.63) is 18.1 Å². The SMILES string of the molecule is O=C(NC1CC2(CCC2)C1)NC(CCO)c1cc(OCC(F)(F)F)ncn1. The number of urea groups is 1. The van der Waals surface area contributed by atoms with Gasteiger partial charge in [0.15, 0.2) is 6.61 Å². The summed E-state index contributed by atoms with van der Waals surface area (Å²) in [6, 6.07) is 0.322. The molecule has 10 heteroatoms. The minimum absolute atomic E-state index is 0.135. The Hall–Kier alpha value is -2.10. The molecule has 3 rings (SSSR count). The number of alkyl halides is 3. The Bertz CT molecular complexity index is 659. The molecule has 1 atom stereocenters. The third-order valence-corrected chi connectivity index (χ3v) is 5.24. The van der Waals surface area contributed by atoms with Crippen molar-refractivity contribution in [3.8, 4) is 5.88 Å². The summed E-state index contributed by atoms with van der Waals surface area (Å²) >= 11 is 0. The molecule has 1 spiro atoms. The van der Waals surface area contributed by atoms with E-state index >= 15 is 0 Å². The molecule has 1 heterocycles. The Balaban J connectivity index is 1.55. The summed E-state index contributed by atoms with van der Waals surface area (Å²) in [5, 5.41) is 14.9. The van der Waals surface area contributed by atoms with Crippen molar-refractivity contribution in [3.63, 3.8) is 0 Å². The summed E-state index contributed by atoms with van der Waals surface area (Å²) in [5.74, 6) is -0.242. The van der Waals surface area contributed by atoms with E-state index in [1.165, 1.54) is 25.3 Å². The van der Waals surface area contributed by atoms with E-state index < -0.39 is 18.8 Å². The van der Waals surface area contributed by atoms with Gasteiger partial charge in [-0.15, -0.1) is 0 Å². The average Bonchev–Trinajstić information content (AvgIpc) is 2.53. The van der Waals surface area contributed by atoms with E-state index in [9.17, 15) is 23.1 Å². The van der Waals surface area contributed by atoms with E-state index in [1.807, 2.05) is 0 Å². The number of carbonyl (C=O) groups is 1. The van der Waals surface area contributed by atoms with Gasteiger partial charge in [-0.1, -0.05) is 6.42 Å². The van der Waals surface area contributed by atoms with E-state index in [4.69, 9.17) is 0 Å². The van der Waals surface area contributed by atoms with Crippen LogP contribution in [0.1, 0.15) is 50.3 Å². The zero-order valence-electron chi connectivity index (χ0n) is 14.8. The lowest BCUT2D eigenvalue weighted by Gasteiger charge is -2.54. The molecule has 1 unspecified atom stereocenters. The minimum Gasteiger partial charge on any atom is -0.468 e. The van der Waals surface area contributed by atoms with E-state index in [0.29, 0.717) is 5.41 Å². The number of carbonyl (C=O) groups excluding carboxylic acids is 1.